The number of sulfonamides is 1. The highest BCUT2D eigenvalue weighted by Crippen LogP contribution is 2.09. The molecule has 2 rings (SSSR count). The first kappa shape index (κ1) is 16.9. The average molecular weight is 327 g/mol. The van der Waals surface area contributed by atoms with Crippen LogP contribution in [-0.2, 0) is 19.6 Å². The molecule has 1 atom stereocenters. The summed E-state index contributed by atoms with van der Waals surface area (Å²) in [7, 11) is -3.54. The van der Waals surface area contributed by atoms with Gasteiger partial charge in [0.25, 0.3) is 5.91 Å². The van der Waals surface area contributed by atoms with Crippen molar-refractivity contribution < 1.29 is 17.9 Å². The fourth-order valence-corrected chi connectivity index (χ4v) is 3.05. The fourth-order valence-electron chi connectivity index (χ4n) is 2.02. The largest absolute Gasteiger partial charge is 0.366 e. The van der Waals surface area contributed by atoms with E-state index in [4.69, 9.17) is 4.74 Å². The molecule has 122 valence electrons. The minimum atomic E-state index is -3.54. The summed E-state index contributed by atoms with van der Waals surface area (Å²) < 4.78 is 31.8. The van der Waals surface area contributed by atoms with Gasteiger partial charge in [0.05, 0.1) is 11.5 Å². The van der Waals surface area contributed by atoms with E-state index < -0.39 is 16.1 Å². The van der Waals surface area contributed by atoms with Crippen LogP contribution in [0.1, 0.15) is 5.56 Å². The lowest BCUT2D eigenvalue weighted by atomic mass is 10.2. The zero-order valence-corrected chi connectivity index (χ0v) is 13.3. The Kier molecular flexibility index (Phi) is 5.90. The molecule has 0 spiro atoms. The lowest BCUT2D eigenvalue weighted by Crippen LogP contribution is -2.49. The van der Waals surface area contributed by atoms with Gasteiger partial charge in [0.1, 0.15) is 6.10 Å². The third-order valence-electron chi connectivity index (χ3n) is 3.27. The van der Waals surface area contributed by atoms with Crippen LogP contribution in [0.4, 0.5) is 0 Å². The van der Waals surface area contributed by atoms with Crippen molar-refractivity contribution in [2.75, 3.05) is 32.8 Å². The number of aryl methyl sites for hydroxylation is 1. The smallest absolute Gasteiger partial charge is 0.250 e. The van der Waals surface area contributed by atoms with E-state index in [1.165, 1.54) is 0 Å². The van der Waals surface area contributed by atoms with Gasteiger partial charge in [-0.3, -0.25) is 4.79 Å². The molecule has 1 saturated heterocycles. The second kappa shape index (κ2) is 7.68. The molecule has 3 N–H and O–H groups in total. The molecule has 1 aromatic carbocycles. The first-order valence-corrected chi connectivity index (χ1v) is 8.64. The van der Waals surface area contributed by atoms with Crippen molar-refractivity contribution in [2.45, 2.75) is 17.9 Å². The molecule has 0 saturated carbocycles. The molecule has 0 aliphatic carbocycles. The topological polar surface area (TPSA) is 96.5 Å². The van der Waals surface area contributed by atoms with Crippen LogP contribution in [0.3, 0.4) is 0 Å². The molecule has 1 amide bonds. The van der Waals surface area contributed by atoms with Gasteiger partial charge in [0.2, 0.25) is 10.0 Å². The summed E-state index contributed by atoms with van der Waals surface area (Å²) in [5.41, 5.74) is 0.993. The van der Waals surface area contributed by atoms with Crippen LogP contribution in [0, 0.1) is 6.92 Å². The Balaban J connectivity index is 1.75. The first-order chi connectivity index (χ1) is 10.5. The predicted molar refractivity (Wildman–Crippen MR) is 82.0 cm³/mol. The zero-order chi connectivity index (χ0) is 16.0. The SMILES string of the molecule is Cc1ccc(S(=O)(=O)NCCNC(=O)C2CNCCO2)cc1. The molecule has 22 heavy (non-hydrogen) atoms. The lowest BCUT2D eigenvalue weighted by Gasteiger charge is -2.22. The van der Waals surface area contributed by atoms with Gasteiger partial charge in [-0.15, -0.1) is 0 Å². The third-order valence-corrected chi connectivity index (χ3v) is 4.74. The van der Waals surface area contributed by atoms with Gasteiger partial charge < -0.3 is 15.4 Å². The Hall–Kier alpha value is -1.48. The van der Waals surface area contributed by atoms with Crippen molar-refractivity contribution in [3.63, 3.8) is 0 Å². The summed E-state index contributed by atoms with van der Waals surface area (Å²) in [5.74, 6) is -0.235. The van der Waals surface area contributed by atoms with Gasteiger partial charge in [0, 0.05) is 26.2 Å². The van der Waals surface area contributed by atoms with Crippen molar-refractivity contribution in [1.82, 2.24) is 15.4 Å². The van der Waals surface area contributed by atoms with Crippen molar-refractivity contribution in [2.24, 2.45) is 0 Å². The standard InChI is InChI=1S/C14H21N3O4S/c1-11-2-4-12(5-3-11)22(19,20)17-7-6-16-14(18)13-10-15-8-9-21-13/h2-5,13,15,17H,6-10H2,1H3,(H,16,18). The van der Waals surface area contributed by atoms with Gasteiger partial charge in [-0.1, -0.05) is 17.7 Å². The van der Waals surface area contributed by atoms with Crippen molar-refractivity contribution in [3.8, 4) is 0 Å². The second-order valence-electron chi connectivity index (χ2n) is 5.07. The van der Waals surface area contributed by atoms with Gasteiger partial charge in [-0.25, -0.2) is 13.1 Å². The number of hydrogen-bond acceptors (Lipinski definition) is 5. The van der Waals surface area contributed by atoms with Crippen molar-refractivity contribution in [3.05, 3.63) is 29.8 Å². The van der Waals surface area contributed by atoms with Gasteiger partial charge >= 0.3 is 0 Å². The van der Waals surface area contributed by atoms with E-state index in [0.717, 1.165) is 12.1 Å². The van der Waals surface area contributed by atoms with E-state index in [1.54, 1.807) is 24.3 Å². The maximum atomic E-state index is 12.0. The lowest BCUT2D eigenvalue weighted by molar-refractivity contribution is -0.134. The summed E-state index contributed by atoms with van der Waals surface area (Å²) in [6.07, 6.45) is -0.512. The van der Waals surface area contributed by atoms with Crippen molar-refractivity contribution >= 4 is 15.9 Å². The second-order valence-corrected chi connectivity index (χ2v) is 6.83. The fraction of sp³-hybridized carbons (Fsp3) is 0.500. The van der Waals surface area contributed by atoms with Crippen LogP contribution in [0.15, 0.2) is 29.2 Å². The number of carbonyl (C=O) groups is 1. The minimum Gasteiger partial charge on any atom is -0.366 e. The molecule has 0 bridgehead atoms. The Morgan fingerprint density at radius 1 is 1.32 bits per heavy atom. The molecule has 1 unspecified atom stereocenters. The quantitative estimate of drug-likeness (QED) is 0.605. The number of morpholine rings is 1. The molecular weight excluding hydrogens is 306 g/mol. The van der Waals surface area contributed by atoms with Crippen molar-refractivity contribution in [1.29, 1.82) is 0 Å². The molecule has 0 radical (unpaired) electrons. The summed E-state index contributed by atoms with van der Waals surface area (Å²) >= 11 is 0. The Morgan fingerprint density at radius 3 is 2.68 bits per heavy atom. The zero-order valence-electron chi connectivity index (χ0n) is 12.5. The summed E-state index contributed by atoms with van der Waals surface area (Å²) in [4.78, 5) is 12.0. The van der Waals surface area contributed by atoms with Crippen LogP contribution in [-0.4, -0.2) is 53.2 Å². The van der Waals surface area contributed by atoms with E-state index in [-0.39, 0.29) is 23.9 Å². The van der Waals surface area contributed by atoms with E-state index >= 15 is 0 Å². The Morgan fingerprint density at radius 2 is 2.05 bits per heavy atom. The molecule has 8 heteroatoms. The summed E-state index contributed by atoms with van der Waals surface area (Å²) in [6, 6.07) is 6.59. The normalized spacial score (nSPS) is 18.9. The highest BCUT2D eigenvalue weighted by Gasteiger charge is 2.21. The number of ether oxygens (including phenoxy) is 1. The van der Waals surface area contributed by atoms with Crippen LogP contribution in [0.2, 0.25) is 0 Å². The number of rotatable bonds is 6. The molecule has 1 fully saturated rings. The monoisotopic (exact) mass is 327 g/mol. The molecule has 1 heterocycles. The van der Waals surface area contributed by atoms with E-state index in [1.807, 2.05) is 6.92 Å². The number of nitrogens with one attached hydrogen (secondary N) is 3. The van der Waals surface area contributed by atoms with Crippen LogP contribution in [0.5, 0.6) is 0 Å². The third kappa shape index (κ3) is 4.77. The van der Waals surface area contributed by atoms with Crippen LogP contribution < -0.4 is 15.4 Å². The van der Waals surface area contributed by atoms with Crippen LogP contribution in [0.25, 0.3) is 0 Å². The maximum absolute atomic E-state index is 12.0. The van der Waals surface area contributed by atoms with E-state index in [2.05, 4.69) is 15.4 Å². The van der Waals surface area contributed by atoms with Gasteiger partial charge in [-0.2, -0.15) is 0 Å². The van der Waals surface area contributed by atoms with Gasteiger partial charge in [0.15, 0.2) is 0 Å². The minimum absolute atomic E-state index is 0.127. The number of amides is 1. The number of carbonyl (C=O) groups excluding carboxylic acids is 1. The predicted octanol–water partition coefficient (Wildman–Crippen LogP) is -0.622. The summed E-state index contributed by atoms with van der Waals surface area (Å²) in [6.45, 7) is 3.94. The van der Waals surface area contributed by atoms with Crippen LogP contribution >= 0.6 is 0 Å². The first-order valence-electron chi connectivity index (χ1n) is 7.15. The average Bonchev–Trinajstić information content (AvgIpc) is 2.52. The van der Waals surface area contributed by atoms with E-state index in [9.17, 15) is 13.2 Å². The molecule has 0 aromatic heterocycles. The maximum Gasteiger partial charge on any atom is 0.250 e. The summed E-state index contributed by atoms with van der Waals surface area (Å²) in [5, 5.41) is 5.71. The molecule has 1 aliphatic heterocycles. The molecular formula is C14H21N3O4S. The number of hydrogen-bond donors (Lipinski definition) is 3. The number of benzene rings is 1. The highest BCUT2D eigenvalue weighted by molar-refractivity contribution is 7.89. The Bertz CT molecular complexity index is 595. The Labute approximate surface area is 130 Å². The molecule has 1 aromatic rings. The molecule has 7 nitrogen and oxygen atoms in total. The van der Waals surface area contributed by atoms with Gasteiger partial charge in [-0.05, 0) is 19.1 Å². The molecule has 1 aliphatic rings. The van der Waals surface area contributed by atoms with E-state index in [0.29, 0.717) is 13.2 Å². The highest BCUT2D eigenvalue weighted by atomic mass is 32.2.